The van der Waals surface area contributed by atoms with Gasteiger partial charge < -0.3 is 27.8 Å². The predicted octanol–water partition coefficient (Wildman–Crippen LogP) is 11.7. The van der Waals surface area contributed by atoms with Crippen molar-refractivity contribution >= 4 is 8.60 Å². The van der Waals surface area contributed by atoms with E-state index in [0.29, 0.717) is 0 Å². The number of methoxy groups -OCH3 is 3. The average molecular weight is 653 g/mol. The van der Waals surface area contributed by atoms with Gasteiger partial charge in [0.1, 0.15) is 34.5 Å². The minimum atomic E-state index is -1.97. The molecular formula is C39H57O6P. The van der Waals surface area contributed by atoms with Crippen molar-refractivity contribution in [1.29, 1.82) is 0 Å². The molecule has 0 saturated carbocycles. The summed E-state index contributed by atoms with van der Waals surface area (Å²) in [6, 6.07) is 17.9. The molecule has 0 amide bonds. The molecule has 0 aromatic heterocycles. The number of benzene rings is 3. The van der Waals surface area contributed by atoms with Gasteiger partial charge in [-0.3, -0.25) is 0 Å². The molecular weight excluding hydrogens is 595 g/mol. The van der Waals surface area contributed by atoms with Gasteiger partial charge in [-0.05, 0) is 90.1 Å². The van der Waals surface area contributed by atoms with Gasteiger partial charge in [0.15, 0.2) is 0 Å². The Morgan fingerprint density at radius 3 is 0.935 bits per heavy atom. The fourth-order valence-corrected chi connectivity index (χ4v) is 7.38. The highest BCUT2D eigenvalue weighted by Gasteiger charge is 2.33. The first-order chi connectivity index (χ1) is 21.7. The standard InChI is InChI=1S/C39H57O6P/c1-13-22-37(4,5)31-25-28(40-10)16-19-34(31)43-46(44-35-20-17-29(41-11)26-32(35)38(6,7)23-14-2)45-36-21-18-30(42-12)27-33(36)39(8,9)24-15-3/h16-21,25-27H,13-15,22-24H2,1-12H3. The zero-order valence-corrected chi connectivity index (χ0v) is 31.2. The highest BCUT2D eigenvalue weighted by Crippen LogP contribution is 2.51. The smallest absolute Gasteiger partial charge is 0.497 e. The van der Waals surface area contributed by atoms with Crippen LogP contribution in [0.15, 0.2) is 54.6 Å². The maximum Gasteiger partial charge on any atom is 0.530 e. The van der Waals surface area contributed by atoms with Crippen LogP contribution in [0, 0.1) is 0 Å². The quantitative estimate of drug-likeness (QED) is 0.127. The Bertz CT molecular complexity index is 1240. The molecule has 0 aliphatic heterocycles. The molecule has 3 rings (SSSR count). The van der Waals surface area contributed by atoms with E-state index >= 15 is 0 Å². The van der Waals surface area contributed by atoms with Gasteiger partial charge in [0.2, 0.25) is 0 Å². The SMILES string of the molecule is CCCC(C)(C)c1cc(OC)ccc1OP(Oc1ccc(OC)cc1C(C)(C)CCC)Oc1ccc(OC)cc1C(C)(C)CCC. The first-order valence-corrected chi connectivity index (χ1v) is 17.7. The van der Waals surface area contributed by atoms with Crippen molar-refractivity contribution in [3.63, 3.8) is 0 Å². The van der Waals surface area contributed by atoms with E-state index < -0.39 is 8.60 Å². The molecule has 0 fully saturated rings. The van der Waals surface area contributed by atoms with E-state index in [-0.39, 0.29) is 16.2 Å². The van der Waals surface area contributed by atoms with E-state index in [1.54, 1.807) is 21.3 Å². The van der Waals surface area contributed by atoms with E-state index in [0.717, 1.165) is 89.7 Å². The minimum Gasteiger partial charge on any atom is -0.497 e. The monoisotopic (exact) mass is 652 g/mol. The zero-order chi connectivity index (χ0) is 34.1. The Morgan fingerprint density at radius 2 is 0.717 bits per heavy atom. The third-order valence-electron chi connectivity index (χ3n) is 8.89. The molecule has 0 radical (unpaired) electrons. The van der Waals surface area contributed by atoms with Gasteiger partial charge in [-0.2, -0.15) is 0 Å². The highest BCUT2D eigenvalue weighted by atomic mass is 31.2. The summed E-state index contributed by atoms with van der Waals surface area (Å²) < 4.78 is 37.5. The normalized spacial score (nSPS) is 12.2. The lowest BCUT2D eigenvalue weighted by atomic mass is 9.80. The molecule has 3 aromatic rings. The predicted molar refractivity (Wildman–Crippen MR) is 192 cm³/mol. The van der Waals surface area contributed by atoms with E-state index in [2.05, 4.69) is 80.5 Å². The molecule has 0 atom stereocenters. The third kappa shape index (κ3) is 9.25. The van der Waals surface area contributed by atoms with Crippen LogP contribution >= 0.6 is 8.60 Å². The van der Waals surface area contributed by atoms with Gasteiger partial charge in [-0.1, -0.05) is 81.6 Å². The van der Waals surface area contributed by atoms with Crippen molar-refractivity contribution in [2.45, 2.75) is 117 Å². The van der Waals surface area contributed by atoms with Crippen molar-refractivity contribution in [2.24, 2.45) is 0 Å². The number of hydrogen-bond acceptors (Lipinski definition) is 6. The summed E-state index contributed by atoms with van der Waals surface area (Å²) in [5.74, 6) is 4.52. The van der Waals surface area contributed by atoms with Crippen LogP contribution in [0.4, 0.5) is 0 Å². The van der Waals surface area contributed by atoms with Gasteiger partial charge in [0, 0.05) is 16.7 Å². The van der Waals surface area contributed by atoms with Crippen LogP contribution in [0.1, 0.15) is 118 Å². The molecule has 7 heteroatoms. The molecule has 46 heavy (non-hydrogen) atoms. The first kappa shape index (κ1) is 37.3. The van der Waals surface area contributed by atoms with Gasteiger partial charge in [0.05, 0.1) is 21.3 Å². The fourth-order valence-electron chi connectivity index (χ4n) is 6.31. The summed E-state index contributed by atoms with van der Waals surface area (Å²) in [7, 11) is 3.11. The van der Waals surface area contributed by atoms with Crippen LogP contribution in [0.2, 0.25) is 0 Å². The van der Waals surface area contributed by atoms with Crippen LogP contribution < -0.4 is 27.8 Å². The largest absolute Gasteiger partial charge is 0.530 e. The maximum atomic E-state index is 6.86. The van der Waals surface area contributed by atoms with Gasteiger partial charge >= 0.3 is 8.60 Å². The molecule has 0 N–H and O–H groups in total. The summed E-state index contributed by atoms with van der Waals surface area (Å²) in [4.78, 5) is 0. The number of ether oxygens (including phenoxy) is 3. The molecule has 0 unspecified atom stereocenters. The molecule has 0 bridgehead atoms. The van der Waals surface area contributed by atoms with Crippen molar-refractivity contribution in [3.8, 4) is 34.5 Å². The van der Waals surface area contributed by atoms with Crippen molar-refractivity contribution in [1.82, 2.24) is 0 Å². The van der Waals surface area contributed by atoms with E-state index in [1.165, 1.54) is 0 Å². The first-order valence-electron chi connectivity index (χ1n) is 16.6. The molecule has 0 aliphatic carbocycles. The van der Waals surface area contributed by atoms with Crippen molar-refractivity contribution in [3.05, 3.63) is 71.3 Å². The lowest BCUT2D eigenvalue weighted by Crippen LogP contribution is -2.20. The summed E-state index contributed by atoms with van der Waals surface area (Å²) in [6.07, 6.45) is 6.06. The second-order valence-corrected chi connectivity index (χ2v) is 15.0. The van der Waals surface area contributed by atoms with Crippen LogP contribution in [0.3, 0.4) is 0 Å². The number of hydrogen-bond donors (Lipinski definition) is 0. The molecule has 6 nitrogen and oxygen atoms in total. The molecule has 0 spiro atoms. The van der Waals surface area contributed by atoms with E-state index in [4.69, 9.17) is 27.8 Å². The van der Waals surface area contributed by atoms with Gasteiger partial charge in [0.25, 0.3) is 0 Å². The van der Waals surface area contributed by atoms with Gasteiger partial charge in [-0.15, -0.1) is 0 Å². The van der Waals surface area contributed by atoms with Crippen LogP contribution in [0.5, 0.6) is 34.5 Å². The Labute approximate surface area is 280 Å². The maximum absolute atomic E-state index is 6.86. The molecule has 0 saturated heterocycles. The summed E-state index contributed by atoms with van der Waals surface area (Å²) >= 11 is 0. The minimum absolute atomic E-state index is 0.164. The fraction of sp³-hybridized carbons (Fsp3) is 0.538. The number of rotatable bonds is 18. The second kappa shape index (κ2) is 16.1. The third-order valence-corrected chi connectivity index (χ3v) is 9.93. The Kier molecular flexibility index (Phi) is 13.1. The Balaban J connectivity index is 2.21. The topological polar surface area (TPSA) is 55.4 Å². The Hall–Kier alpha value is -3.11. The average Bonchev–Trinajstić information content (AvgIpc) is 3.01. The summed E-state index contributed by atoms with van der Waals surface area (Å²) in [6.45, 7) is 20.1. The summed E-state index contributed by atoms with van der Waals surface area (Å²) in [5, 5.41) is 0. The van der Waals surface area contributed by atoms with Crippen molar-refractivity contribution in [2.75, 3.05) is 21.3 Å². The Morgan fingerprint density at radius 1 is 0.457 bits per heavy atom. The lowest BCUT2D eigenvalue weighted by Gasteiger charge is -2.31. The summed E-state index contributed by atoms with van der Waals surface area (Å²) in [5.41, 5.74) is 2.66. The van der Waals surface area contributed by atoms with Crippen LogP contribution in [-0.2, 0) is 16.2 Å². The molecule has 254 valence electrons. The van der Waals surface area contributed by atoms with Crippen LogP contribution in [-0.4, -0.2) is 21.3 Å². The van der Waals surface area contributed by atoms with Gasteiger partial charge in [-0.25, -0.2) is 0 Å². The molecule has 0 heterocycles. The molecule has 0 aliphatic rings. The highest BCUT2D eigenvalue weighted by molar-refractivity contribution is 7.43. The van der Waals surface area contributed by atoms with Crippen LogP contribution in [0.25, 0.3) is 0 Å². The zero-order valence-electron chi connectivity index (χ0n) is 30.3. The lowest BCUT2D eigenvalue weighted by molar-refractivity contribution is 0.357. The van der Waals surface area contributed by atoms with Crippen molar-refractivity contribution < 1.29 is 27.8 Å². The van der Waals surface area contributed by atoms with E-state index in [9.17, 15) is 0 Å². The molecule has 3 aromatic carbocycles. The second-order valence-electron chi connectivity index (χ2n) is 14.0. The van der Waals surface area contributed by atoms with E-state index in [1.807, 2.05) is 36.4 Å².